The van der Waals surface area contributed by atoms with Crippen molar-refractivity contribution in [3.8, 4) is 11.5 Å². The number of carbonyl (C=O) groups is 2. The van der Waals surface area contributed by atoms with Crippen molar-refractivity contribution in [1.29, 1.82) is 0 Å². The molecule has 0 aromatic heterocycles. The fourth-order valence-electron chi connectivity index (χ4n) is 3.56. The molecule has 1 aliphatic rings. The Hall–Kier alpha value is -3.72. The fraction of sp³-hybridized carbons (Fsp3) is 0.304. The average molecular weight is 441 g/mol. The van der Waals surface area contributed by atoms with Crippen LogP contribution in [0.3, 0.4) is 0 Å². The molecular formula is C23H27N3O6. The first-order valence-corrected chi connectivity index (χ1v) is 10.1. The third-order valence-corrected chi connectivity index (χ3v) is 5.33. The predicted molar refractivity (Wildman–Crippen MR) is 120 cm³/mol. The molecule has 1 aliphatic heterocycles. The van der Waals surface area contributed by atoms with Gasteiger partial charge < -0.3 is 29.9 Å². The smallest absolute Gasteiger partial charge is 0.344 e. The van der Waals surface area contributed by atoms with Crippen LogP contribution in [-0.2, 0) is 16.1 Å². The molecule has 0 aliphatic carbocycles. The summed E-state index contributed by atoms with van der Waals surface area (Å²) in [6, 6.07) is 13.4. The summed E-state index contributed by atoms with van der Waals surface area (Å²) in [6.45, 7) is 4.17. The van der Waals surface area contributed by atoms with Gasteiger partial charge in [0.1, 0.15) is 11.5 Å². The maximum atomic E-state index is 11.0. The number of hydrogen-bond donors (Lipinski definition) is 3. The molecule has 0 atom stereocenters. The average Bonchev–Trinajstić information content (AvgIpc) is 2.79. The van der Waals surface area contributed by atoms with E-state index in [-0.39, 0.29) is 0 Å². The number of nitrogens with zero attached hydrogens (tertiary/aromatic N) is 2. The molecule has 0 saturated carbocycles. The van der Waals surface area contributed by atoms with E-state index in [0.717, 1.165) is 49.4 Å². The highest BCUT2D eigenvalue weighted by atomic mass is 16.5. The molecule has 0 unspecified atom stereocenters. The van der Waals surface area contributed by atoms with Crippen LogP contribution in [0.4, 0.5) is 11.4 Å². The van der Waals surface area contributed by atoms with Crippen LogP contribution in [0.2, 0.25) is 0 Å². The SMILES string of the molecule is COc1ccc(N2CCN(Cc3cc(NC=C(C(=O)O)C(=O)O)ccc3OC)CC2)cc1. The van der Waals surface area contributed by atoms with Crippen molar-refractivity contribution in [2.75, 3.05) is 50.6 Å². The highest BCUT2D eigenvalue weighted by Crippen LogP contribution is 2.26. The van der Waals surface area contributed by atoms with Crippen LogP contribution in [0.25, 0.3) is 0 Å². The van der Waals surface area contributed by atoms with Gasteiger partial charge in [0.2, 0.25) is 0 Å². The molecule has 9 nitrogen and oxygen atoms in total. The van der Waals surface area contributed by atoms with Gasteiger partial charge in [-0.1, -0.05) is 0 Å². The Morgan fingerprint density at radius 1 is 0.969 bits per heavy atom. The molecule has 9 heteroatoms. The molecule has 3 N–H and O–H groups in total. The van der Waals surface area contributed by atoms with Gasteiger partial charge in [-0.15, -0.1) is 0 Å². The van der Waals surface area contributed by atoms with E-state index in [1.807, 2.05) is 18.2 Å². The van der Waals surface area contributed by atoms with Gasteiger partial charge >= 0.3 is 11.9 Å². The molecule has 2 aromatic rings. The number of nitrogens with one attached hydrogen (secondary N) is 1. The zero-order valence-corrected chi connectivity index (χ0v) is 18.1. The molecule has 0 spiro atoms. The van der Waals surface area contributed by atoms with Gasteiger partial charge in [0.25, 0.3) is 0 Å². The highest BCUT2D eigenvalue weighted by molar-refractivity contribution is 6.12. The van der Waals surface area contributed by atoms with Crippen LogP contribution < -0.4 is 19.7 Å². The van der Waals surface area contributed by atoms with Crippen molar-refractivity contribution in [2.45, 2.75) is 6.54 Å². The molecule has 1 fully saturated rings. The maximum absolute atomic E-state index is 11.0. The molecule has 3 rings (SSSR count). The van der Waals surface area contributed by atoms with E-state index in [9.17, 15) is 9.59 Å². The molecule has 1 heterocycles. The Bertz CT molecular complexity index is 966. The number of carboxylic acids is 2. The standard InChI is InChI=1S/C23H27N3O6/c1-31-19-6-4-18(5-7-19)26-11-9-25(10-12-26)15-16-13-17(3-8-21(16)32-2)24-14-20(22(27)28)23(29)30/h3-8,13-14,24H,9-12,15H2,1-2H3,(H,27,28)(H,29,30). The van der Waals surface area contributed by atoms with Crippen molar-refractivity contribution < 1.29 is 29.3 Å². The lowest BCUT2D eigenvalue weighted by Gasteiger charge is -2.36. The quantitative estimate of drug-likeness (QED) is 0.307. The Morgan fingerprint density at radius 3 is 2.19 bits per heavy atom. The molecule has 1 saturated heterocycles. The summed E-state index contributed by atoms with van der Waals surface area (Å²) >= 11 is 0. The highest BCUT2D eigenvalue weighted by Gasteiger charge is 2.19. The number of rotatable bonds is 9. The molecule has 170 valence electrons. The Morgan fingerprint density at radius 2 is 1.62 bits per heavy atom. The van der Waals surface area contributed by atoms with Crippen LogP contribution in [0.5, 0.6) is 11.5 Å². The van der Waals surface area contributed by atoms with E-state index in [0.29, 0.717) is 18.0 Å². The third-order valence-electron chi connectivity index (χ3n) is 5.33. The van der Waals surface area contributed by atoms with E-state index < -0.39 is 17.5 Å². The normalized spacial score (nSPS) is 13.9. The van der Waals surface area contributed by atoms with E-state index in [2.05, 4.69) is 27.2 Å². The molecule has 0 radical (unpaired) electrons. The minimum absolute atomic E-state index is 0.581. The van der Waals surface area contributed by atoms with Gasteiger partial charge in [-0.2, -0.15) is 0 Å². The van der Waals surface area contributed by atoms with Crippen LogP contribution in [0.15, 0.2) is 54.2 Å². The summed E-state index contributed by atoms with van der Waals surface area (Å²) in [6.07, 6.45) is 0.976. The zero-order valence-electron chi connectivity index (χ0n) is 18.1. The van der Waals surface area contributed by atoms with Crippen LogP contribution in [0, 0.1) is 0 Å². The summed E-state index contributed by atoms with van der Waals surface area (Å²) in [4.78, 5) is 26.7. The van der Waals surface area contributed by atoms with E-state index >= 15 is 0 Å². The zero-order chi connectivity index (χ0) is 23.1. The van der Waals surface area contributed by atoms with Crippen molar-refractivity contribution in [2.24, 2.45) is 0 Å². The molecule has 0 bridgehead atoms. The van der Waals surface area contributed by atoms with Crippen LogP contribution >= 0.6 is 0 Å². The lowest BCUT2D eigenvalue weighted by atomic mass is 10.1. The van der Waals surface area contributed by atoms with Crippen molar-refractivity contribution in [3.63, 3.8) is 0 Å². The lowest BCUT2D eigenvalue weighted by Crippen LogP contribution is -2.46. The number of anilines is 2. The number of methoxy groups -OCH3 is 2. The van der Waals surface area contributed by atoms with Crippen LogP contribution in [-0.4, -0.2) is 67.5 Å². The van der Waals surface area contributed by atoms with Crippen molar-refractivity contribution in [3.05, 3.63) is 59.8 Å². The fourth-order valence-corrected chi connectivity index (χ4v) is 3.56. The van der Waals surface area contributed by atoms with E-state index in [4.69, 9.17) is 19.7 Å². The summed E-state index contributed by atoms with van der Waals surface area (Å²) in [5.41, 5.74) is 1.93. The summed E-state index contributed by atoms with van der Waals surface area (Å²) in [5, 5.41) is 20.7. The van der Waals surface area contributed by atoms with Gasteiger partial charge in [0.15, 0.2) is 5.57 Å². The van der Waals surface area contributed by atoms with E-state index in [1.165, 1.54) is 0 Å². The molecular weight excluding hydrogens is 414 g/mol. The van der Waals surface area contributed by atoms with Gasteiger partial charge in [0.05, 0.1) is 14.2 Å². The number of carboxylic acid groups (broad SMARTS) is 2. The summed E-state index contributed by atoms with van der Waals surface area (Å²) in [7, 11) is 3.25. The van der Waals surface area contributed by atoms with E-state index in [1.54, 1.807) is 26.4 Å². The lowest BCUT2D eigenvalue weighted by molar-refractivity contribution is -0.140. The number of piperazine rings is 1. The van der Waals surface area contributed by atoms with Gasteiger partial charge in [-0.05, 0) is 42.5 Å². The minimum atomic E-state index is -1.51. The first kappa shape index (κ1) is 23.0. The topological polar surface area (TPSA) is 112 Å². The monoisotopic (exact) mass is 441 g/mol. The molecule has 0 amide bonds. The number of aliphatic carboxylic acids is 2. The van der Waals surface area contributed by atoms with Gasteiger partial charge in [-0.25, -0.2) is 9.59 Å². The Labute approximate surface area is 186 Å². The second-order valence-corrected chi connectivity index (χ2v) is 7.30. The Balaban J connectivity index is 1.65. The molecule has 2 aromatic carbocycles. The summed E-state index contributed by atoms with van der Waals surface area (Å²) in [5.74, 6) is -1.46. The third kappa shape index (κ3) is 5.70. The Kier molecular flexibility index (Phi) is 7.56. The van der Waals surface area contributed by atoms with Crippen LogP contribution in [0.1, 0.15) is 5.56 Å². The number of ether oxygens (including phenoxy) is 2. The number of hydrogen-bond acceptors (Lipinski definition) is 7. The van der Waals surface area contributed by atoms with Gasteiger partial charge in [0, 0.05) is 55.9 Å². The predicted octanol–water partition coefficient (Wildman–Crippen LogP) is 2.49. The van der Waals surface area contributed by atoms with Crippen molar-refractivity contribution in [1.82, 2.24) is 4.90 Å². The first-order chi connectivity index (χ1) is 15.4. The van der Waals surface area contributed by atoms with Crippen molar-refractivity contribution >= 4 is 23.3 Å². The molecule has 32 heavy (non-hydrogen) atoms. The first-order valence-electron chi connectivity index (χ1n) is 10.1. The summed E-state index contributed by atoms with van der Waals surface area (Å²) < 4.78 is 10.7. The minimum Gasteiger partial charge on any atom is -0.497 e. The number of benzene rings is 2. The second kappa shape index (κ2) is 10.5. The maximum Gasteiger partial charge on any atom is 0.344 e. The van der Waals surface area contributed by atoms with Gasteiger partial charge in [-0.3, -0.25) is 4.90 Å². The second-order valence-electron chi connectivity index (χ2n) is 7.30. The largest absolute Gasteiger partial charge is 0.497 e.